The van der Waals surface area contributed by atoms with E-state index in [0.29, 0.717) is 0 Å². The number of para-hydroxylation sites is 1. The molecule has 1 aromatic carbocycles. The van der Waals surface area contributed by atoms with Crippen molar-refractivity contribution in [2.45, 2.75) is 12.1 Å². The van der Waals surface area contributed by atoms with Gasteiger partial charge >= 0.3 is 0 Å². The third kappa shape index (κ3) is 1.03. The lowest BCUT2D eigenvalue weighted by Gasteiger charge is -2.15. The van der Waals surface area contributed by atoms with Crippen LogP contribution >= 0.6 is 0 Å². The van der Waals surface area contributed by atoms with Crippen LogP contribution in [0.3, 0.4) is 0 Å². The fraction of sp³-hybridized carbons (Fsp3) is 0.250. The lowest BCUT2D eigenvalue weighted by molar-refractivity contribution is 0.215. The quantitative estimate of drug-likeness (QED) is 0.731. The summed E-state index contributed by atoms with van der Waals surface area (Å²) in [6.45, 7) is -0.116. The Morgan fingerprint density at radius 2 is 2.12 bits per heavy atom. The minimum atomic E-state index is -0.339. The van der Waals surface area contributed by atoms with Gasteiger partial charge in [0.05, 0.1) is 24.2 Å². The van der Waals surface area contributed by atoms with Crippen molar-refractivity contribution in [3.05, 3.63) is 46.2 Å². The Morgan fingerprint density at radius 1 is 1.31 bits per heavy atom. The molecule has 2 aromatic rings. The molecule has 2 unspecified atom stereocenters. The number of rotatable bonds is 1. The van der Waals surface area contributed by atoms with Crippen molar-refractivity contribution < 1.29 is 5.11 Å². The topological polar surface area (TPSA) is 68.2 Å². The fourth-order valence-electron chi connectivity index (χ4n) is 2.51. The molecular weight excluding hydrogens is 204 g/mol. The van der Waals surface area contributed by atoms with Crippen molar-refractivity contribution >= 4 is 10.9 Å². The Hall–Kier alpha value is -1.65. The standard InChI is InChI=1S/C12H12N2O2/c13-11-8-3-1-2-7-4-5-10(16)14(12(7)8)9(11)6-15/h1-5,9,11,15H,6,13H2. The molecule has 1 aliphatic rings. The van der Waals surface area contributed by atoms with E-state index in [0.717, 1.165) is 16.5 Å². The summed E-state index contributed by atoms with van der Waals surface area (Å²) in [5.74, 6) is 0. The van der Waals surface area contributed by atoms with Gasteiger partial charge in [-0.1, -0.05) is 18.2 Å². The molecule has 4 heteroatoms. The van der Waals surface area contributed by atoms with Gasteiger partial charge in [0.15, 0.2) is 0 Å². The van der Waals surface area contributed by atoms with Gasteiger partial charge in [-0.05, 0) is 17.0 Å². The number of pyridine rings is 1. The highest BCUT2D eigenvalue weighted by Gasteiger charge is 2.31. The van der Waals surface area contributed by atoms with E-state index in [-0.39, 0.29) is 24.2 Å². The maximum atomic E-state index is 11.8. The fourth-order valence-corrected chi connectivity index (χ4v) is 2.51. The summed E-state index contributed by atoms with van der Waals surface area (Å²) >= 11 is 0. The van der Waals surface area contributed by atoms with Crippen molar-refractivity contribution in [2.24, 2.45) is 5.73 Å². The van der Waals surface area contributed by atoms with Gasteiger partial charge in [0.25, 0.3) is 5.56 Å². The number of hydrogen-bond donors (Lipinski definition) is 2. The van der Waals surface area contributed by atoms with Gasteiger partial charge in [0, 0.05) is 6.07 Å². The second kappa shape index (κ2) is 3.17. The Bertz CT molecular complexity index is 618. The number of aliphatic hydroxyl groups excluding tert-OH is 1. The summed E-state index contributed by atoms with van der Waals surface area (Å²) in [7, 11) is 0. The molecule has 0 bridgehead atoms. The molecule has 4 nitrogen and oxygen atoms in total. The summed E-state index contributed by atoms with van der Waals surface area (Å²) in [4.78, 5) is 11.8. The molecule has 2 atom stereocenters. The van der Waals surface area contributed by atoms with E-state index < -0.39 is 0 Å². The summed E-state index contributed by atoms with van der Waals surface area (Å²) in [5.41, 5.74) is 7.74. The molecule has 0 amide bonds. The smallest absolute Gasteiger partial charge is 0.251 e. The van der Waals surface area contributed by atoms with E-state index in [1.807, 2.05) is 18.2 Å². The van der Waals surface area contributed by atoms with Crippen molar-refractivity contribution in [3.8, 4) is 0 Å². The van der Waals surface area contributed by atoms with E-state index >= 15 is 0 Å². The van der Waals surface area contributed by atoms with Gasteiger partial charge < -0.3 is 15.4 Å². The van der Waals surface area contributed by atoms with Crippen LogP contribution in [0.25, 0.3) is 10.9 Å². The van der Waals surface area contributed by atoms with E-state index in [2.05, 4.69) is 0 Å². The van der Waals surface area contributed by atoms with Crippen molar-refractivity contribution in [1.82, 2.24) is 4.57 Å². The van der Waals surface area contributed by atoms with Crippen molar-refractivity contribution in [2.75, 3.05) is 6.61 Å². The molecule has 16 heavy (non-hydrogen) atoms. The number of aliphatic hydroxyl groups is 1. The van der Waals surface area contributed by atoms with E-state index in [4.69, 9.17) is 5.73 Å². The molecule has 3 rings (SSSR count). The monoisotopic (exact) mass is 216 g/mol. The Morgan fingerprint density at radius 3 is 2.88 bits per heavy atom. The molecule has 0 saturated heterocycles. The molecule has 3 N–H and O–H groups in total. The predicted molar refractivity (Wildman–Crippen MR) is 61.3 cm³/mol. The first kappa shape index (κ1) is 9.57. The average Bonchev–Trinajstić information content (AvgIpc) is 2.60. The van der Waals surface area contributed by atoms with Gasteiger partial charge in [-0.15, -0.1) is 0 Å². The maximum absolute atomic E-state index is 11.8. The van der Waals surface area contributed by atoms with Crippen LogP contribution in [0.5, 0.6) is 0 Å². The van der Waals surface area contributed by atoms with Crippen molar-refractivity contribution in [1.29, 1.82) is 0 Å². The average molecular weight is 216 g/mol. The minimum Gasteiger partial charge on any atom is -0.394 e. The van der Waals surface area contributed by atoms with E-state index in [1.165, 1.54) is 6.07 Å². The first-order valence-corrected chi connectivity index (χ1v) is 5.24. The third-order valence-corrected chi connectivity index (χ3v) is 3.27. The maximum Gasteiger partial charge on any atom is 0.251 e. The molecule has 1 aromatic heterocycles. The number of hydrogen-bond acceptors (Lipinski definition) is 3. The van der Waals surface area contributed by atoms with Gasteiger partial charge in [0.1, 0.15) is 0 Å². The minimum absolute atomic E-state index is 0.105. The van der Waals surface area contributed by atoms with Gasteiger partial charge in [0.2, 0.25) is 0 Å². The second-order valence-electron chi connectivity index (χ2n) is 4.10. The molecule has 0 aliphatic carbocycles. The van der Waals surface area contributed by atoms with Crippen molar-refractivity contribution in [3.63, 3.8) is 0 Å². The lowest BCUT2D eigenvalue weighted by atomic mass is 10.0. The highest BCUT2D eigenvalue weighted by Crippen LogP contribution is 2.36. The summed E-state index contributed by atoms with van der Waals surface area (Å²) in [6, 6.07) is 8.46. The molecule has 2 heterocycles. The Labute approximate surface area is 91.9 Å². The van der Waals surface area contributed by atoms with Crippen LogP contribution in [0.2, 0.25) is 0 Å². The zero-order chi connectivity index (χ0) is 11.3. The normalized spacial score (nSPS) is 22.9. The number of aromatic nitrogens is 1. The van der Waals surface area contributed by atoms with Crippen LogP contribution in [-0.2, 0) is 0 Å². The molecule has 0 saturated carbocycles. The van der Waals surface area contributed by atoms with Gasteiger partial charge in [-0.3, -0.25) is 4.79 Å². The molecule has 82 valence electrons. The van der Waals surface area contributed by atoms with Crippen LogP contribution in [0.4, 0.5) is 0 Å². The molecule has 1 aliphatic heterocycles. The zero-order valence-corrected chi connectivity index (χ0v) is 8.63. The number of nitrogens with two attached hydrogens (primary N) is 1. The zero-order valence-electron chi connectivity index (χ0n) is 8.63. The predicted octanol–water partition coefficient (Wildman–Crippen LogP) is 0.548. The Kier molecular flexibility index (Phi) is 1.89. The second-order valence-corrected chi connectivity index (χ2v) is 4.10. The number of benzene rings is 1. The highest BCUT2D eigenvalue weighted by molar-refractivity contribution is 5.84. The summed E-state index contributed by atoms with van der Waals surface area (Å²) < 4.78 is 1.61. The summed E-state index contributed by atoms with van der Waals surface area (Å²) in [6.07, 6.45) is 0. The van der Waals surface area contributed by atoms with Crippen LogP contribution in [0, 0.1) is 0 Å². The Balaban J connectivity index is 2.49. The lowest BCUT2D eigenvalue weighted by Crippen LogP contribution is -2.28. The van der Waals surface area contributed by atoms with Crippen LogP contribution < -0.4 is 11.3 Å². The van der Waals surface area contributed by atoms with Crippen LogP contribution in [0.15, 0.2) is 35.1 Å². The first-order valence-electron chi connectivity index (χ1n) is 5.24. The highest BCUT2D eigenvalue weighted by atomic mass is 16.3. The molecular formula is C12H12N2O2. The van der Waals surface area contributed by atoms with Crippen LogP contribution in [-0.4, -0.2) is 16.3 Å². The van der Waals surface area contributed by atoms with Crippen LogP contribution in [0.1, 0.15) is 17.6 Å². The molecule has 0 radical (unpaired) electrons. The first-order chi connectivity index (χ1) is 7.74. The molecule has 0 spiro atoms. The molecule has 0 fully saturated rings. The largest absolute Gasteiger partial charge is 0.394 e. The van der Waals surface area contributed by atoms with E-state index in [1.54, 1.807) is 10.6 Å². The number of nitrogens with zero attached hydrogens (tertiary/aromatic N) is 1. The third-order valence-electron chi connectivity index (χ3n) is 3.27. The van der Waals surface area contributed by atoms with Gasteiger partial charge in [-0.25, -0.2) is 0 Å². The van der Waals surface area contributed by atoms with Gasteiger partial charge in [-0.2, -0.15) is 0 Å². The van der Waals surface area contributed by atoms with E-state index in [9.17, 15) is 9.90 Å². The summed E-state index contributed by atoms with van der Waals surface area (Å²) in [5, 5.41) is 10.3. The SMILES string of the molecule is NC1c2cccc3ccc(=O)n(c23)C1CO.